The minimum Gasteiger partial charge on any atom is -0.441 e. The maximum Gasteiger partial charge on any atom is 0.332 e. The van der Waals surface area contributed by atoms with Crippen molar-refractivity contribution in [2.75, 3.05) is 6.73 Å². The molecule has 0 aromatic heterocycles. The van der Waals surface area contributed by atoms with Gasteiger partial charge in [0.2, 0.25) is 0 Å². The van der Waals surface area contributed by atoms with Crippen LogP contribution < -0.4 is 0 Å². The molecule has 0 bridgehead atoms. The van der Waals surface area contributed by atoms with Gasteiger partial charge >= 0.3 is 5.97 Å². The number of imide groups is 1. The number of fused-ring (bicyclic) bond motifs is 1. The first-order valence-corrected chi connectivity index (χ1v) is 7.12. The largest absolute Gasteiger partial charge is 0.441 e. The summed E-state index contributed by atoms with van der Waals surface area (Å²) >= 11 is 0. The summed E-state index contributed by atoms with van der Waals surface area (Å²) in [4.78, 5) is 36.7. The van der Waals surface area contributed by atoms with E-state index < -0.39 is 30.3 Å². The minimum atomic E-state index is -0.783. The molecular formula is C18H12FNO4. The molecule has 0 radical (unpaired) electrons. The fourth-order valence-electron chi connectivity index (χ4n) is 2.30. The van der Waals surface area contributed by atoms with Gasteiger partial charge in [-0.3, -0.25) is 9.59 Å². The number of ether oxygens (including phenoxy) is 1. The standard InChI is InChI=1S/C18H12FNO4/c19-15-8-4-1-5-12(15)9-10-16(21)24-11-20-17(22)13-6-2-3-7-14(13)18(20)23/h1-10H,11H2/b10-9+. The molecule has 1 aliphatic heterocycles. The second-order valence-corrected chi connectivity index (χ2v) is 5.03. The van der Waals surface area contributed by atoms with E-state index in [0.717, 1.165) is 11.0 Å². The number of benzene rings is 2. The Morgan fingerprint density at radius 2 is 1.58 bits per heavy atom. The van der Waals surface area contributed by atoms with Crippen molar-refractivity contribution in [2.24, 2.45) is 0 Å². The molecule has 5 nitrogen and oxygen atoms in total. The van der Waals surface area contributed by atoms with E-state index in [4.69, 9.17) is 4.74 Å². The van der Waals surface area contributed by atoms with Gasteiger partial charge in [-0.15, -0.1) is 0 Å². The Kier molecular flexibility index (Phi) is 4.20. The number of carbonyl (C=O) groups is 3. The van der Waals surface area contributed by atoms with Crippen LogP contribution >= 0.6 is 0 Å². The van der Waals surface area contributed by atoms with Gasteiger partial charge in [-0.1, -0.05) is 30.3 Å². The molecule has 0 aliphatic carbocycles. The lowest BCUT2D eigenvalue weighted by Crippen LogP contribution is -2.32. The molecular weight excluding hydrogens is 313 g/mol. The number of halogens is 1. The molecule has 0 fully saturated rings. The summed E-state index contributed by atoms with van der Waals surface area (Å²) in [5.74, 6) is -2.28. The predicted octanol–water partition coefficient (Wildman–Crippen LogP) is 2.64. The van der Waals surface area contributed by atoms with Crippen LogP contribution in [-0.2, 0) is 9.53 Å². The summed E-state index contributed by atoms with van der Waals surface area (Å²) in [5, 5.41) is 0. The Morgan fingerprint density at radius 3 is 2.21 bits per heavy atom. The Balaban J connectivity index is 1.63. The lowest BCUT2D eigenvalue weighted by Gasteiger charge is -2.12. The van der Waals surface area contributed by atoms with Crippen molar-refractivity contribution < 1.29 is 23.5 Å². The van der Waals surface area contributed by atoms with E-state index in [1.807, 2.05) is 0 Å². The van der Waals surface area contributed by atoms with Gasteiger partial charge in [0, 0.05) is 11.6 Å². The number of nitrogens with zero attached hydrogens (tertiary/aromatic N) is 1. The van der Waals surface area contributed by atoms with Crippen LogP contribution in [0, 0.1) is 5.82 Å². The van der Waals surface area contributed by atoms with Crippen molar-refractivity contribution >= 4 is 23.9 Å². The molecule has 2 aromatic carbocycles. The van der Waals surface area contributed by atoms with Gasteiger partial charge in [0.1, 0.15) is 5.82 Å². The van der Waals surface area contributed by atoms with E-state index in [1.54, 1.807) is 18.2 Å². The van der Waals surface area contributed by atoms with E-state index in [1.165, 1.54) is 36.4 Å². The van der Waals surface area contributed by atoms with Crippen LogP contribution in [0.15, 0.2) is 54.6 Å². The summed E-state index contributed by atoms with van der Waals surface area (Å²) in [7, 11) is 0. The number of esters is 1. The van der Waals surface area contributed by atoms with Crippen LogP contribution in [-0.4, -0.2) is 29.4 Å². The average molecular weight is 325 g/mol. The molecule has 3 rings (SSSR count). The topological polar surface area (TPSA) is 63.7 Å². The highest BCUT2D eigenvalue weighted by molar-refractivity contribution is 6.21. The van der Waals surface area contributed by atoms with Gasteiger partial charge in [-0.25, -0.2) is 14.1 Å². The number of hydrogen-bond donors (Lipinski definition) is 0. The number of carbonyl (C=O) groups excluding carboxylic acids is 3. The third kappa shape index (κ3) is 2.94. The van der Waals surface area contributed by atoms with Gasteiger partial charge in [0.25, 0.3) is 11.8 Å². The Morgan fingerprint density at radius 1 is 1.00 bits per heavy atom. The summed E-state index contributed by atoms with van der Waals surface area (Å²) in [6, 6.07) is 12.3. The SMILES string of the molecule is O=C(/C=C/c1ccccc1F)OCN1C(=O)c2ccccc2C1=O. The van der Waals surface area contributed by atoms with Gasteiger partial charge in [0.05, 0.1) is 11.1 Å². The summed E-state index contributed by atoms with van der Waals surface area (Å²) in [5.41, 5.74) is 0.788. The number of amides is 2. The maximum absolute atomic E-state index is 13.4. The first-order chi connectivity index (χ1) is 11.6. The van der Waals surface area contributed by atoms with Gasteiger partial charge < -0.3 is 4.74 Å². The molecule has 2 amide bonds. The molecule has 0 unspecified atom stereocenters. The lowest BCUT2D eigenvalue weighted by molar-refractivity contribution is -0.140. The second-order valence-electron chi connectivity index (χ2n) is 5.03. The molecule has 0 N–H and O–H groups in total. The van der Waals surface area contributed by atoms with Crippen LogP contribution in [0.1, 0.15) is 26.3 Å². The summed E-state index contributed by atoms with van der Waals surface area (Å²) in [6.45, 7) is -0.493. The number of rotatable bonds is 4. The van der Waals surface area contributed by atoms with E-state index in [9.17, 15) is 18.8 Å². The zero-order valence-electron chi connectivity index (χ0n) is 12.4. The fraction of sp³-hybridized carbons (Fsp3) is 0.0556. The summed E-state index contributed by atoms with van der Waals surface area (Å²) < 4.78 is 18.3. The molecule has 0 atom stereocenters. The Hall–Kier alpha value is -3.28. The van der Waals surface area contributed by atoms with Crippen LogP contribution in [0.3, 0.4) is 0 Å². The summed E-state index contributed by atoms with van der Waals surface area (Å²) in [6.07, 6.45) is 2.30. The van der Waals surface area contributed by atoms with E-state index in [-0.39, 0.29) is 16.7 Å². The highest BCUT2D eigenvalue weighted by Gasteiger charge is 2.35. The molecule has 1 aliphatic rings. The lowest BCUT2D eigenvalue weighted by atomic mass is 10.1. The zero-order chi connectivity index (χ0) is 17.1. The van der Waals surface area contributed by atoms with Gasteiger partial charge in [-0.05, 0) is 24.3 Å². The highest BCUT2D eigenvalue weighted by atomic mass is 19.1. The zero-order valence-corrected chi connectivity index (χ0v) is 12.4. The Bertz CT molecular complexity index is 825. The third-order valence-corrected chi connectivity index (χ3v) is 3.52. The number of hydrogen-bond acceptors (Lipinski definition) is 4. The van der Waals surface area contributed by atoms with Crippen LogP contribution in [0.4, 0.5) is 4.39 Å². The normalized spacial score (nSPS) is 13.5. The van der Waals surface area contributed by atoms with E-state index in [2.05, 4.69) is 0 Å². The Labute approximate surface area is 137 Å². The van der Waals surface area contributed by atoms with Crippen LogP contribution in [0.25, 0.3) is 6.08 Å². The quantitative estimate of drug-likeness (QED) is 0.492. The first-order valence-electron chi connectivity index (χ1n) is 7.12. The molecule has 2 aromatic rings. The van der Waals surface area contributed by atoms with E-state index in [0.29, 0.717) is 0 Å². The first kappa shape index (κ1) is 15.6. The monoisotopic (exact) mass is 325 g/mol. The fourth-order valence-corrected chi connectivity index (χ4v) is 2.30. The van der Waals surface area contributed by atoms with Crippen molar-refractivity contribution in [1.29, 1.82) is 0 Å². The second kappa shape index (κ2) is 6.45. The predicted molar refractivity (Wildman–Crippen MR) is 83.3 cm³/mol. The van der Waals surface area contributed by atoms with Crippen molar-refractivity contribution in [3.8, 4) is 0 Å². The van der Waals surface area contributed by atoms with Crippen molar-refractivity contribution in [1.82, 2.24) is 4.90 Å². The smallest absolute Gasteiger partial charge is 0.332 e. The molecule has 0 saturated heterocycles. The van der Waals surface area contributed by atoms with Gasteiger partial charge in [-0.2, -0.15) is 0 Å². The van der Waals surface area contributed by atoms with Crippen molar-refractivity contribution in [3.63, 3.8) is 0 Å². The molecule has 1 heterocycles. The van der Waals surface area contributed by atoms with Gasteiger partial charge in [0.15, 0.2) is 6.73 Å². The minimum absolute atomic E-state index is 0.232. The van der Waals surface area contributed by atoms with E-state index >= 15 is 0 Å². The molecule has 0 saturated carbocycles. The van der Waals surface area contributed by atoms with Crippen LogP contribution in [0.2, 0.25) is 0 Å². The maximum atomic E-state index is 13.4. The molecule has 0 spiro atoms. The average Bonchev–Trinajstić information content (AvgIpc) is 2.84. The molecule has 6 heteroatoms. The molecule has 24 heavy (non-hydrogen) atoms. The van der Waals surface area contributed by atoms with Crippen molar-refractivity contribution in [3.05, 3.63) is 77.1 Å². The van der Waals surface area contributed by atoms with Crippen LogP contribution in [0.5, 0.6) is 0 Å². The third-order valence-electron chi connectivity index (χ3n) is 3.52. The highest BCUT2D eigenvalue weighted by Crippen LogP contribution is 2.22. The van der Waals surface area contributed by atoms with Crippen molar-refractivity contribution in [2.45, 2.75) is 0 Å². The molecule has 120 valence electrons.